The fourth-order valence-electron chi connectivity index (χ4n) is 3.28. The van der Waals surface area contributed by atoms with E-state index in [-0.39, 0.29) is 18.4 Å². The summed E-state index contributed by atoms with van der Waals surface area (Å²) in [5.74, 6) is 1.25. The average molecular weight is 527 g/mol. The highest BCUT2D eigenvalue weighted by molar-refractivity contribution is 9.10. The number of anilines is 1. The lowest BCUT2D eigenvalue weighted by atomic mass is 10.1. The molecule has 0 atom stereocenters. The standard InChI is InChI=1S/C26H27BrN2O5/c1-17-14-19(9-10-21(17)27)34-16-25(30)29-22-7-5-4-6-20(22)26(31)28-13-12-18-8-11-23(32-2)24(15-18)33-3/h4-11,14-15H,12-13,16H2,1-3H3,(H,28,31)(H,29,30). The molecule has 0 fully saturated rings. The number of amides is 2. The monoisotopic (exact) mass is 526 g/mol. The van der Waals surface area contributed by atoms with Crippen LogP contribution in [0.4, 0.5) is 5.69 Å². The molecule has 3 rings (SSSR count). The van der Waals surface area contributed by atoms with E-state index in [9.17, 15) is 9.59 Å². The molecule has 2 N–H and O–H groups in total. The Morgan fingerprint density at radius 3 is 2.44 bits per heavy atom. The molecule has 0 unspecified atom stereocenters. The van der Waals surface area contributed by atoms with Gasteiger partial charge >= 0.3 is 0 Å². The van der Waals surface area contributed by atoms with Crippen molar-refractivity contribution in [1.82, 2.24) is 5.32 Å². The van der Waals surface area contributed by atoms with Crippen molar-refractivity contribution in [3.8, 4) is 17.2 Å². The molecule has 0 aliphatic carbocycles. The van der Waals surface area contributed by atoms with Gasteiger partial charge in [-0.05, 0) is 66.9 Å². The van der Waals surface area contributed by atoms with Crippen LogP contribution in [0.2, 0.25) is 0 Å². The van der Waals surface area contributed by atoms with E-state index in [4.69, 9.17) is 14.2 Å². The molecule has 3 aromatic rings. The molecule has 7 nitrogen and oxygen atoms in total. The molecule has 0 aromatic heterocycles. The van der Waals surface area contributed by atoms with E-state index in [0.29, 0.717) is 41.5 Å². The average Bonchev–Trinajstić information content (AvgIpc) is 2.84. The summed E-state index contributed by atoms with van der Waals surface area (Å²) in [6.07, 6.45) is 0.612. The van der Waals surface area contributed by atoms with Crippen molar-refractivity contribution >= 4 is 33.4 Å². The summed E-state index contributed by atoms with van der Waals surface area (Å²) in [5.41, 5.74) is 2.81. The van der Waals surface area contributed by atoms with Crippen molar-refractivity contribution in [1.29, 1.82) is 0 Å². The Morgan fingerprint density at radius 1 is 0.941 bits per heavy atom. The van der Waals surface area contributed by atoms with Crippen LogP contribution in [0.3, 0.4) is 0 Å². The lowest BCUT2D eigenvalue weighted by Gasteiger charge is -2.13. The minimum atomic E-state index is -0.355. The highest BCUT2D eigenvalue weighted by Crippen LogP contribution is 2.27. The summed E-state index contributed by atoms with van der Waals surface area (Å²) in [4.78, 5) is 25.2. The van der Waals surface area contributed by atoms with Crippen LogP contribution >= 0.6 is 15.9 Å². The highest BCUT2D eigenvalue weighted by Gasteiger charge is 2.14. The Kier molecular flexibility index (Phi) is 8.93. The van der Waals surface area contributed by atoms with Crippen molar-refractivity contribution in [2.45, 2.75) is 13.3 Å². The predicted molar refractivity (Wildman–Crippen MR) is 135 cm³/mol. The molecule has 0 saturated carbocycles. The lowest BCUT2D eigenvalue weighted by Crippen LogP contribution is -2.28. The van der Waals surface area contributed by atoms with Crippen LogP contribution in [0.1, 0.15) is 21.5 Å². The van der Waals surface area contributed by atoms with E-state index in [1.165, 1.54) is 0 Å². The Hall–Kier alpha value is -3.52. The minimum Gasteiger partial charge on any atom is -0.493 e. The van der Waals surface area contributed by atoms with Gasteiger partial charge in [-0.3, -0.25) is 9.59 Å². The zero-order valence-electron chi connectivity index (χ0n) is 19.3. The number of halogens is 1. The van der Waals surface area contributed by atoms with Gasteiger partial charge in [0.25, 0.3) is 11.8 Å². The lowest BCUT2D eigenvalue weighted by molar-refractivity contribution is -0.118. The highest BCUT2D eigenvalue weighted by atomic mass is 79.9. The van der Waals surface area contributed by atoms with Crippen LogP contribution < -0.4 is 24.8 Å². The number of nitrogens with one attached hydrogen (secondary N) is 2. The number of carbonyl (C=O) groups excluding carboxylic acids is 2. The number of para-hydroxylation sites is 1. The SMILES string of the molecule is COc1ccc(CCNC(=O)c2ccccc2NC(=O)COc2ccc(Br)c(C)c2)cc1OC. The second-order valence-corrected chi connectivity index (χ2v) is 8.34. The van der Waals surface area contributed by atoms with E-state index >= 15 is 0 Å². The van der Waals surface area contributed by atoms with Gasteiger partial charge in [-0.2, -0.15) is 0 Å². The van der Waals surface area contributed by atoms with E-state index in [1.54, 1.807) is 44.6 Å². The van der Waals surface area contributed by atoms with Crippen molar-refractivity contribution in [3.63, 3.8) is 0 Å². The second kappa shape index (κ2) is 12.1. The Morgan fingerprint density at radius 2 is 1.71 bits per heavy atom. The first-order valence-electron chi connectivity index (χ1n) is 10.7. The van der Waals surface area contributed by atoms with Crippen molar-refractivity contribution < 1.29 is 23.8 Å². The minimum absolute atomic E-state index is 0.170. The van der Waals surface area contributed by atoms with Crippen LogP contribution in [0, 0.1) is 6.92 Å². The number of hydrogen-bond acceptors (Lipinski definition) is 5. The molecule has 0 radical (unpaired) electrons. The van der Waals surface area contributed by atoms with Gasteiger partial charge in [0.2, 0.25) is 0 Å². The van der Waals surface area contributed by atoms with Crippen LogP contribution in [0.5, 0.6) is 17.2 Å². The molecule has 0 heterocycles. The molecule has 2 amide bonds. The van der Waals surface area contributed by atoms with Gasteiger partial charge in [-0.15, -0.1) is 0 Å². The molecule has 0 bridgehead atoms. The Balaban J connectivity index is 1.55. The van der Waals surface area contributed by atoms with E-state index < -0.39 is 0 Å². The van der Waals surface area contributed by atoms with Crippen LogP contribution in [-0.4, -0.2) is 39.2 Å². The van der Waals surface area contributed by atoms with Gasteiger partial charge in [0, 0.05) is 11.0 Å². The van der Waals surface area contributed by atoms with E-state index in [0.717, 1.165) is 15.6 Å². The predicted octanol–water partition coefficient (Wildman–Crippen LogP) is 4.76. The number of carbonyl (C=O) groups is 2. The summed E-state index contributed by atoms with van der Waals surface area (Å²) >= 11 is 3.44. The Labute approximate surface area is 207 Å². The van der Waals surface area contributed by atoms with Crippen LogP contribution in [0.15, 0.2) is 65.1 Å². The molecular formula is C26H27BrN2O5. The third-order valence-electron chi connectivity index (χ3n) is 5.09. The number of benzene rings is 3. The number of methoxy groups -OCH3 is 2. The normalized spacial score (nSPS) is 10.4. The summed E-state index contributed by atoms with van der Waals surface area (Å²) < 4.78 is 17.1. The maximum absolute atomic E-state index is 12.8. The second-order valence-electron chi connectivity index (χ2n) is 7.49. The number of rotatable bonds is 10. The largest absolute Gasteiger partial charge is 0.493 e. The first-order chi connectivity index (χ1) is 16.4. The van der Waals surface area contributed by atoms with Gasteiger partial charge < -0.3 is 24.8 Å². The third kappa shape index (κ3) is 6.74. The summed E-state index contributed by atoms with van der Waals surface area (Å²) in [6, 6.07) is 18.0. The molecule has 0 aliphatic heterocycles. The van der Waals surface area contributed by atoms with Crippen LogP contribution in [-0.2, 0) is 11.2 Å². The maximum atomic E-state index is 12.8. The number of ether oxygens (including phenoxy) is 3. The molecular weight excluding hydrogens is 500 g/mol. The zero-order valence-corrected chi connectivity index (χ0v) is 20.9. The van der Waals surface area contributed by atoms with Gasteiger partial charge in [-0.25, -0.2) is 0 Å². The molecule has 8 heteroatoms. The molecule has 0 aliphatic rings. The smallest absolute Gasteiger partial charge is 0.262 e. The van der Waals surface area contributed by atoms with Crippen molar-refractivity contribution in [3.05, 3.63) is 81.8 Å². The quantitative estimate of drug-likeness (QED) is 0.397. The molecule has 3 aromatic carbocycles. The van der Waals surface area contributed by atoms with Crippen molar-refractivity contribution in [2.75, 3.05) is 32.7 Å². The van der Waals surface area contributed by atoms with Crippen LogP contribution in [0.25, 0.3) is 0 Å². The number of hydrogen-bond donors (Lipinski definition) is 2. The van der Waals surface area contributed by atoms with Gasteiger partial charge in [0.15, 0.2) is 18.1 Å². The summed E-state index contributed by atoms with van der Waals surface area (Å²) in [7, 11) is 3.17. The maximum Gasteiger partial charge on any atom is 0.262 e. The first kappa shape index (κ1) is 25.1. The van der Waals surface area contributed by atoms with Crippen molar-refractivity contribution in [2.24, 2.45) is 0 Å². The van der Waals surface area contributed by atoms with E-state index in [1.807, 2.05) is 37.3 Å². The Bertz CT molecular complexity index is 1170. The van der Waals surface area contributed by atoms with Gasteiger partial charge in [-0.1, -0.05) is 34.1 Å². The zero-order chi connectivity index (χ0) is 24.5. The number of aryl methyl sites for hydroxylation is 1. The molecule has 0 saturated heterocycles. The fourth-order valence-corrected chi connectivity index (χ4v) is 3.53. The molecule has 34 heavy (non-hydrogen) atoms. The first-order valence-corrected chi connectivity index (χ1v) is 11.5. The summed E-state index contributed by atoms with van der Waals surface area (Å²) in [6.45, 7) is 2.19. The molecule has 0 spiro atoms. The topological polar surface area (TPSA) is 85.9 Å². The molecule has 178 valence electrons. The fraction of sp³-hybridized carbons (Fsp3) is 0.231. The van der Waals surface area contributed by atoms with Gasteiger partial charge in [0.05, 0.1) is 25.5 Å². The summed E-state index contributed by atoms with van der Waals surface area (Å²) in [5, 5.41) is 5.66. The third-order valence-corrected chi connectivity index (χ3v) is 5.98. The van der Waals surface area contributed by atoms with E-state index in [2.05, 4.69) is 26.6 Å². The van der Waals surface area contributed by atoms with Gasteiger partial charge in [0.1, 0.15) is 5.75 Å².